The van der Waals surface area contributed by atoms with E-state index in [2.05, 4.69) is 35.9 Å². The minimum atomic E-state index is -0.110. The first kappa shape index (κ1) is 14.3. The fourth-order valence-corrected chi connectivity index (χ4v) is 2.54. The van der Waals surface area contributed by atoms with Gasteiger partial charge in [0.2, 0.25) is 5.95 Å². The predicted molar refractivity (Wildman–Crippen MR) is 88.4 cm³/mol. The summed E-state index contributed by atoms with van der Waals surface area (Å²) >= 11 is 3.45. The van der Waals surface area contributed by atoms with Crippen molar-refractivity contribution in [1.29, 1.82) is 0 Å². The molecule has 9 heteroatoms. The Bertz CT molecular complexity index is 866. The van der Waals surface area contributed by atoms with E-state index < -0.39 is 0 Å². The number of hydrogen-bond acceptors (Lipinski definition) is 5. The van der Waals surface area contributed by atoms with Crippen LogP contribution in [0.4, 0.5) is 11.8 Å². The number of benzene rings is 1. The van der Waals surface area contributed by atoms with E-state index in [1.807, 2.05) is 28.8 Å². The Morgan fingerprint density at radius 2 is 2.09 bits per heavy atom. The maximum absolute atomic E-state index is 5.72. The number of nitrogens with zero attached hydrogens (tertiary/aromatic N) is 5. The summed E-state index contributed by atoms with van der Waals surface area (Å²) in [5.74, 6) is 0.236. The van der Waals surface area contributed by atoms with Crippen LogP contribution >= 0.6 is 15.9 Å². The van der Waals surface area contributed by atoms with Crippen LogP contribution in [0.3, 0.4) is 0 Å². The minimum Gasteiger partial charge on any atom is -0.370 e. The highest BCUT2D eigenvalue weighted by Crippen LogP contribution is 2.23. The highest BCUT2D eigenvalue weighted by atomic mass is 79.9. The molecule has 8 nitrogen and oxygen atoms in total. The second-order valence-electron chi connectivity index (χ2n) is 4.62. The van der Waals surface area contributed by atoms with E-state index in [1.54, 1.807) is 6.33 Å². The van der Waals surface area contributed by atoms with Gasteiger partial charge in [0.05, 0.1) is 12.9 Å². The van der Waals surface area contributed by atoms with Gasteiger partial charge in [0.25, 0.3) is 0 Å². The summed E-state index contributed by atoms with van der Waals surface area (Å²) in [5, 5.41) is 0. The summed E-state index contributed by atoms with van der Waals surface area (Å²) in [4.78, 5) is 16.5. The zero-order valence-electron chi connectivity index (χ0n) is 11.4. The Balaban J connectivity index is 2.08. The van der Waals surface area contributed by atoms with Crippen LogP contribution in [0.25, 0.3) is 11.2 Å². The Kier molecular flexibility index (Phi) is 3.63. The van der Waals surface area contributed by atoms with Gasteiger partial charge >= 0.3 is 0 Å². The molecule has 0 aliphatic heterocycles. The lowest BCUT2D eigenvalue weighted by molar-refractivity contribution is 0.813. The molecule has 2 heterocycles. The summed E-state index contributed by atoms with van der Waals surface area (Å²) in [5.41, 5.74) is 18.7. The van der Waals surface area contributed by atoms with Crippen LogP contribution < -0.4 is 17.2 Å². The average Bonchev–Trinajstić information content (AvgIpc) is 2.81. The van der Waals surface area contributed by atoms with Crippen molar-refractivity contribution in [3.8, 4) is 0 Å². The van der Waals surface area contributed by atoms with Crippen molar-refractivity contribution >= 4 is 44.8 Å². The largest absolute Gasteiger partial charge is 0.370 e. The first-order valence-corrected chi connectivity index (χ1v) is 7.14. The van der Waals surface area contributed by atoms with Gasteiger partial charge in [-0.1, -0.05) is 28.1 Å². The number of rotatable bonds is 3. The smallest absolute Gasteiger partial charge is 0.224 e. The van der Waals surface area contributed by atoms with E-state index in [0.717, 1.165) is 10.0 Å². The Hall–Kier alpha value is -2.68. The molecule has 6 N–H and O–H groups in total. The van der Waals surface area contributed by atoms with Crippen molar-refractivity contribution in [3.63, 3.8) is 0 Å². The molecule has 1 aromatic carbocycles. The Morgan fingerprint density at radius 3 is 2.82 bits per heavy atom. The molecule has 0 spiro atoms. The molecule has 0 atom stereocenters. The normalized spacial score (nSPS) is 10.8. The molecular formula is C13H13BrN8. The molecule has 0 saturated heterocycles. The lowest BCUT2D eigenvalue weighted by Crippen LogP contribution is -2.22. The molecule has 0 unspecified atom stereocenters. The van der Waals surface area contributed by atoms with Crippen molar-refractivity contribution < 1.29 is 0 Å². The molecule has 0 fully saturated rings. The molecule has 2 aromatic heterocycles. The van der Waals surface area contributed by atoms with Gasteiger partial charge in [-0.25, -0.2) is 4.98 Å². The van der Waals surface area contributed by atoms with Crippen molar-refractivity contribution in [2.45, 2.75) is 6.54 Å². The number of guanidine groups is 1. The number of imidazole rings is 1. The fraction of sp³-hybridized carbons (Fsp3) is 0.0769. The van der Waals surface area contributed by atoms with Gasteiger partial charge in [-0.2, -0.15) is 15.0 Å². The van der Waals surface area contributed by atoms with Crippen LogP contribution in [-0.2, 0) is 6.54 Å². The third kappa shape index (κ3) is 2.84. The van der Waals surface area contributed by atoms with Gasteiger partial charge in [-0.15, -0.1) is 0 Å². The van der Waals surface area contributed by atoms with E-state index in [4.69, 9.17) is 17.2 Å². The molecule has 3 rings (SSSR count). The van der Waals surface area contributed by atoms with Crippen LogP contribution in [0.5, 0.6) is 0 Å². The number of aliphatic imine (C=N–C) groups is 1. The first-order chi connectivity index (χ1) is 10.5. The molecule has 0 bridgehead atoms. The van der Waals surface area contributed by atoms with Crippen molar-refractivity contribution in [2.24, 2.45) is 16.5 Å². The van der Waals surface area contributed by atoms with Gasteiger partial charge in [-0.05, 0) is 17.7 Å². The maximum Gasteiger partial charge on any atom is 0.224 e. The SMILES string of the molecule is NC(N)=Nc1nc(N)nc2c1ncn2Cc1cccc(Br)c1. The summed E-state index contributed by atoms with van der Waals surface area (Å²) < 4.78 is 2.87. The third-order valence-electron chi connectivity index (χ3n) is 2.94. The molecule has 0 saturated carbocycles. The number of nitrogens with two attached hydrogens (primary N) is 3. The number of nitrogen functional groups attached to an aromatic ring is 1. The lowest BCUT2D eigenvalue weighted by Gasteiger charge is -2.05. The van der Waals surface area contributed by atoms with Crippen LogP contribution in [-0.4, -0.2) is 25.5 Å². The summed E-state index contributed by atoms with van der Waals surface area (Å²) in [6, 6.07) is 7.96. The quantitative estimate of drug-likeness (QED) is 0.473. The van der Waals surface area contributed by atoms with E-state index in [9.17, 15) is 0 Å². The summed E-state index contributed by atoms with van der Waals surface area (Å²) in [6.07, 6.45) is 1.66. The molecule has 112 valence electrons. The van der Waals surface area contributed by atoms with Crippen molar-refractivity contribution in [3.05, 3.63) is 40.6 Å². The summed E-state index contributed by atoms with van der Waals surface area (Å²) in [6.45, 7) is 0.591. The van der Waals surface area contributed by atoms with Gasteiger partial charge in [0.15, 0.2) is 22.9 Å². The van der Waals surface area contributed by atoms with E-state index in [-0.39, 0.29) is 17.7 Å². The lowest BCUT2D eigenvalue weighted by atomic mass is 10.2. The molecule has 0 amide bonds. The van der Waals surface area contributed by atoms with E-state index in [0.29, 0.717) is 17.7 Å². The van der Waals surface area contributed by atoms with Gasteiger partial charge < -0.3 is 21.8 Å². The molecule has 22 heavy (non-hydrogen) atoms. The second-order valence-corrected chi connectivity index (χ2v) is 5.53. The van der Waals surface area contributed by atoms with Crippen molar-refractivity contribution in [2.75, 3.05) is 5.73 Å². The molecule has 0 radical (unpaired) electrons. The average molecular weight is 361 g/mol. The zero-order chi connectivity index (χ0) is 15.7. The van der Waals surface area contributed by atoms with Crippen LogP contribution in [0.2, 0.25) is 0 Å². The van der Waals surface area contributed by atoms with Gasteiger partial charge in [0, 0.05) is 4.47 Å². The van der Waals surface area contributed by atoms with Crippen LogP contribution in [0.15, 0.2) is 40.1 Å². The molecule has 0 aliphatic carbocycles. The van der Waals surface area contributed by atoms with Crippen LogP contribution in [0.1, 0.15) is 5.56 Å². The molecular weight excluding hydrogens is 348 g/mol. The number of aromatic nitrogens is 4. The maximum atomic E-state index is 5.72. The third-order valence-corrected chi connectivity index (χ3v) is 3.43. The number of anilines is 1. The minimum absolute atomic E-state index is 0.0866. The van der Waals surface area contributed by atoms with Crippen LogP contribution in [0, 0.1) is 0 Å². The standard InChI is InChI=1S/C13H13BrN8/c14-8-3-1-2-7(4-8)5-22-6-18-9-10(19-12(15)16)20-13(17)21-11(9)22/h1-4,6H,5H2,(H6,15,16,17,19,20,21). The topological polar surface area (TPSA) is 134 Å². The van der Waals surface area contributed by atoms with Crippen molar-refractivity contribution in [1.82, 2.24) is 19.5 Å². The number of fused-ring (bicyclic) bond motifs is 1. The second kappa shape index (κ2) is 5.60. The first-order valence-electron chi connectivity index (χ1n) is 6.35. The fourth-order valence-electron chi connectivity index (χ4n) is 2.09. The molecule has 0 aliphatic rings. The Morgan fingerprint density at radius 1 is 1.27 bits per heavy atom. The highest BCUT2D eigenvalue weighted by molar-refractivity contribution is 9.10. The summed E-state index contributed by atoms with van der Waals surface area (Å²) in [7, 11) is 0. The van der Waals surface area contributed by atoms with E-state index in [1.165, 1.54) is 0 Å². The molecule has 3 aromatic rings. The van der Waals surface area contributed by atoms with Gasteiger partial charge in [0.1, 0.15) is 0 Å². The highest BCUT2D eigenvalue weighted by Gasteiger charge is 2.12. The van der Waals surface area contributed by atoms with Gasteiger partial charge in [-0.3, -0.25) is 0 Å². The number of hydrogen-bond donors (Lipinski definition) is 3. The predicted octanol–water partition coefficient (Wildman–Crippen LogP) is 1.12. The monoisotopic (exact) mass is 360 g/mol. The Labute approximate surface area is 134 Å². The van der Waals surface area contributed by atoms with E-state index >= 15 is 0 Å². The number of halogens is 1. The zero-order valence-corrected chi connectivity index (χ0v) is 13.0.